The SMILES string of the molecule is CCCCCCCCC/C=C/CCCCCC(CC(=O)NC(CO)C(O)CCCCCCCCCCCCCC)OC(=O)CCCCCCCCCCCCCCCCCC. The first-order chi connectivity index (χ1) is 30.0. The van der Waals surface area contributed by atoms with E-state index in [9.17, 15) is 19.8 Å². The fraction of sp³-hybridized carbons (Fsp3) is 0.927. The zero-order valence-electron chi connectivity index (χ0n) is 41.3. The number of carbonyl (C=O) groups excluding carboxylic acids is 2. The van der Waals surface area contributed by atoms with Gasteiger partial charge in [-0.15, -0.1) is 0 Å². The van der Waals surface area contributed by atoms with Gasteiger partial charge in [0.05, 0.1) is 25.2 Å². The highest BCUT2D eigenvalue weighted by Crippen LogP contribution is 2.18. The summed E-state index contributed by atoms with van der Waals surface area (Å²) in [6, 6.07) is -0.700. The van der Waals surface area contributed by atoms with Crippen LogP contribution >= 0.6 is 0 Å². The lowest BCUT2D eigenvalue weighted by Gasteiger charge is -2.24. The van der Waals surface area contributed by atoms with Gasteiger partial charge in [0, 0.05) is 6.42 Å². The Hall–Kier alpha value is -1.40. The average Bonchev–Trinajstić information content (AvgIpc) is 3.25. The number of esters is 1. The van der Waals surface area contributed by atoms with Crippen LogP contribution in [0.15, 0.2) is 12.2 Å². The van der Waals surface area contributed by atoms with E-state index in [2.05, 4.69) is 38.2 Å². The van der Waals surface area contributed by atoms with Crippen LogP contribution in [0.3, 0.4) is 0 Å². The molecule has 0 aliphatic heterocycles. The van der Waals surface area contributed by atoms with Gasteiger partial charge in [-0.05, 0) is 51.4 Å². The molecule has 3 atom stereocenters. The van der Waals surface area contributed by atoms with Crippen molar-refractivity contribution in [3.8, 4) is 0 Å². The predicted molar refractivity (Wildman–Crippen MR) is 264 cm³/mol. The fourth-order valence-corrected chi connectivity index (χ4v) is 8.66. The van der Waals surface area contributed by atoms with E-state index in [1.807, 2.05) is 0 Å². The molecule has 0 aliphatic rings. The second kappa shape index (κ2) is 49.6. The number of nitrogens with one attached hydrogen (secondary N) is 1. The molecule has 3 N–H and O–H groups in total. The number of hydrogen-bond donors (Lipinski definition) is 3. The maximum atomic E-state index is 13.2. The van der Waals surface area contributed by atoms with Gasteiger partial charge in [0.2, 0.25) is 5.91 Å². The van der Waals surface area contributed by atoms with Crippen molar-refractivity contribution in [3.63, 3.8) is 0 Å². The highest BCUT2D eigenvalue weighted by atomic mass is 16.5. The van der Waals surface area contributed by atoms with E-state index in [0.29, 0.717) is 19.3 Å². The van der Waals surface area contributed by atoms with E-state index >= 15 is 0 Å². The van der Waals surface area contributed by atoms with Gasteiger partial charge in [-0.2, -0.15) is 0 Å². The van der Waals surface area contributed by atoms with Crippen LogP contribution in [0.25, 0.3) is 0 Å². The Morgan fingerprint density at radius 3 is 1.18 bits per heavy atom. The minimum Gasteiger partial charge on any atom is -0.462 e. The lowest BCUT2D eigenvalue weighted by Crippen LogP contribution is -2.46. The Morgan fingerprint density at radius 1 is 0.459 bits per heavy atom. The van der Waals surface area contributed by atoms with Crippen LogP contribution < -0.4 is 5.32 Å². The van der Waals surface area contributed by atoms with Gasteiger partial charge < -0.3 is 20.3 Å². The number of hydrogen-bond acceptors (Lipinski definition) is 5. The van der Waals surface area contributed by atoms with Crippen LogP contribution in [-0.4, -0.2) is 46.9 Å². The van der Waals surface area contributed by atoms with Crippen LogP contribution in [-0.2, 0) is 14.3 Å². The molecule has 0 bridgehead atoms. The van der Waals surface area contributed by atoms with E-state index in [1.165, 1.54) is 199 Å². The first-order valence-corrected chi connectivity index (χ1v) is 27.4. The minimum atomic E-state index is -0.785. The molecule has 0 aliphatic carbocycles. The average molecular weight is 862 g/mol. The van der Waals surface area contributed by atoms with Crippen LogP contribution in [0.4, 0.5) is 0 Å². The molecule has 0 rings (SSSR count). The standard InChI is InChI=1S/C55H107NO5/c1-4-7-10-13-16-19-22-25-27-28-30-33-36-39-42-45-48-55(60)61-51(46-43-40-37-34-31-29-26-23-20-17-14-11-8-5-2)49-54(59)56-52(50-57)53(58)47-44-41-38-35-32-24-21-18-15-12-9-6-3/h29,31,51-53,57-58H,4-28,30,32-50H2,1-3H3,(H,56,59)/b31-29+. The maximum Gasteiger partial charge on any atom is 0.306 e. The lowest BCUT2D eigenvalue weighted by molar-refractivity contribution is -0.151. The largest absolute Gasteiger partial charge is 0.462 e. The maximum absolute atomic E-state index is 13.2. The molecular formula is C55H107NO5. The van der Waals surface area contributed by atoms with E-state index in [1.54, 1.807) is 0 Å². The normalized spacial score (nSPS) is 13.2. The van der Waals surface area contributed by atoms with Crippen molar-refractivity contribution in [1.29, 1.82) is 0 Å². The Labute approximate surface area is 380 Å². The summed E-state index contributed by atoms with van der Waals surface area (Å²) < 4.78 is 5.94. The molecule has 0 radical (unpaired) electrons. The molecule has 0 saturated heterocycles. The summed E-state index contributed by atoms with van der Waals surface area (Å²) >= 11 is 0. The van der Waals surface area contributed by atoms with Crippen molar-refractivity contribution >= 4 is 11.9 Å². The molecule has 6 heteroatoms. The molecule has 0 aromatic carbocycles. The van der Waals surface area contributed by atoms with E-state index < -0.39 is 18.2 Å². The molecule has 0 spiro atoms. The Bertz CT molecular complexity index is 924. The molecule has 0 saturated carbocycles. The molecule has 362 valence electrons. The number of aliphatic hydroxyl groups is 2. The number of rotatable bonds is 50. The summed E-state index contributed by atoms with van der Waals surface area (Å²) in [5, 5.41) is 23.8. The molecule has 0 heterocycles. The van der Waals surface area contributed by atoms with Crippen molar-refractivity contribution in [1.82, 2.24) is 5.32 Å². The fourth-order valence-electron chi connectivity index (χ4n) is 8.66. The number of amides is 1. The molecule has 0 fully saturated rings. The van der Waals surface area contributed by atoms with Gasteiger partial charge >= 0.3 is 5.97 Å². The minimum absolute atomic E-state index is 0.0743. The summed E-state index contributed by atoms with van der Waals surface area (Å²) in [6.07, 6.45) is 55.6. The molecule has 1 amide bonds. The number of unbranched alkanes of at least 4 members (excludes halogenated alkanes) is 36. The van der Waals surface area contributed by atoms with Gasteiger partial charge in [0.1, 0.15) is 6.10 Å². The second-order valence-electron chi connectivity index (χ2n) is 19.0. The summed E-state index contributed by atoms with van der Waals surface area (Å²) in [5.41, 5.74) is 0. The van der Waals surface area contributed by atoms with Crippen LogP contribution in [0, 0.1) is 0 Å². The highest BCUT2D eigenvalue weighted by molar-refractivity contribution is 5.77. The van der Waals surface area contributed by atoms with Gasteiger partial charge in [0.25, 0.3) is 0 Å². The summed E-state index contributed by atoms with van der Waals surface area (Å²) in [7, 11) is 0. The first-order valence-electron chi connectivity index (χ1n) is 27.4. The van der Waals surface area contributed by atoms with Crippen molar-refractivity contribution in [2.24, 2.45) is 0 Å². The topological polar surface area (TPSA) is 95.9 Å². The van der Waals surface area contributed by atoms with Crippen molar-refractivity contribution in [2.45, 2.75) is 322 Å². The smallest absolute Gasteiger partial charge is 0.306 e. The number of carbonyl (C=O) groups is 2. The monoisotopic (exact) mass is 862 g/mol. The second-order valence-corrected chi connectivity index (χ2v) is 19.0. The third-order valence-corrected chi connectivity index (χ3v) is 12.8. The zero-order valence-corrected chi connectivity index (χ0v) is 41.3. The number of allylic oxidation sites excluding steroid dienone is 2. The van der Waals surface area contributed by atoms with Crippen molar-refractivity contribution < 1.29 is 24.5 Å². The Balaban J connectivity index is 4.53. The number of ether oxygens (including phenoxy) is 1. The lowest BCUT2D eigenvalue weighted by atomic mass is 10.0. The van der Waals surface area contributed by atoms with E-state index in [-0.39, 0.29) is 24.9 Å². The van der Waals surface area contributed by atoms with Crippen LogP contribution in [0.1, 0.15) is 303 Å². The molecular weight excluding hydrogens is 755 g/mol. The predicted octanol–water partition coefficient (Wildman–Crippen LogP) is 16.5. The van der Waals surface area contributed by atoms with Crippen LogP contribution in [0.5, 0.6) is 0 Å². The Kier molecular flexibility index (Phi) is 48.5. The van der Waals surface area contributed by atoms with Crippen molar-refractivity contribution in [2.75, 3.05) is 6.61 Å². The molecule has 6 nitrogen and oxygen atoms in total. The quantitative estimate of drug-likeness (QED) is 0.0322. The molecule has 0 aromatic rings. The number of aliphatic hydroxyl groups excluding tert-OH is 2. The van der Waals surface area contributed by atoms with E-state index in [0.717, 1.165) is 57.8 Å². The summed E-state index contributed by atoms with van der Waals surface area (Å²) in [5.74, 6) is -0.469. The van der Waals surface area contributed by atoms with E-state index in [4.69, 9.17) is 4.74 Å². The molecule has 3 unspecified atom stereocenters. The third kappa shape index (κ3) is 45.0. The highest BCUT2D eigenvalue weighted by Gasteiger charge is 2.24. The summed E-state index contributed by atoms with van der Waals surface area (Å²) in [4.78, 5) is 26.2. The van der Waals surface area contributed by atoms with Crippen molar-refractivity contribution in [3.05, 3.63) is 12.2 Å². The Morgan fingerprint density at radius 2 is 0.787 bits per heavy atom. The zero-order chi connectivity index (χ0) is 44.5. The first kappa shape index (κ1) is 59.6. The van der Waals surface area contributed by atoms with Gasteiger partial charge in [-0.25, -0.2) is 0 Å². The van der Waals surface area contributed by atoms with Crippen LogP contribution in [0.2, 0.25) is 0 Å². The molecule has 61 heavy (non-hydrogen) atoms. The van der Waals surface area contributed by atoms with Gasteiger partial charge in [-0.1, -0.05) is 251 Å². The molecule has 0 aromatic heterocycles. The summed E-state index contributed by atoms with van der Waals surface area (Å²) in [6.45, 7) is 6.50. The van der Waals surface area contributed by atoms with Gasteiger partial charge in [0.15, 0.2) is 0 Å². The third-order valence-electron chi connectivity index (χ3n) is 12.8. The van der Waals surface area contributed by atoms with Gasteiger partial charge in [-0.3, -0.25) is 9.59 Å².